The van der Waals surface area contributed by atoms with Gasteiger partial charge in [-0.1, -0.05) is 43.2 Å². The van der Waals surface area contributed by atoms with Crippen molar-refractivity contribution in [1.82, 2.24) is 15.2 Å². The zero-order valence-corrected chi connectivity index (χ0v) is 19.8. The summed E-state index contributed by atoms with van der Waals surface area (Å²) >= 11 is 0. The van der Waals surface area contributed by atoms with E-state index in [1.807, 2.05) is 31.0 Å². The second kappa shape index (κ2) is 8.92. The third-order valence-corrected chi connectivity index (χ3v) is 7.97. The smallest absolute Gasteiger partial charge is 0.228 e. The summed E-state index contributed by atoms with van der Waals surface area (Å²) in [5.74, 6) is 1.79. The van der Waals surface area contributed by atoms with Crippen LogP contribution in [0.15, 0.2) is 48.8 Å². The van der Waals surface area contributed by atoms with Gasteiger partial charge in [-0.2, -0.15) is 0 Å². The molecule has 33 heavy (non-hydrogen) atoms. The number of nitrogens with one attached hydrogen (secondary N) is 1. The highest BCUT2D eigenvalue weighted by Crippen LogP contribution is 2.56. The Kier molecular flexibility index (Phi) is 5.98. The normalized spacial score (nSPS) is 28.5. The molecule has 0 spiro atoms. The highest BCUT2D eigenvalue weighted by Gasteiger charge is 2.57. The Balaban J connectivity index is 1.37. The van der Waals surface area contributed by atoms with Crippen molar-refractivity contribution < 1.29 is 9.59 Å². The number of hydrogen-bond acceptors (Lipinski definition) is 3. The van der Waals surface area contributed by atoms with Crippen LogP contribution in [-0.2, 0) is 16.0 Å². The number of amides is 2. The highest BCUT2D eigenvalue weighted by atomic mass is 16.2. The zero-order chi connectivity index (χ0) is 23.0. The fourth-order valence-corrected chi connectivity index (χ4v) is 6.24. The molecule has 1 unspecified atom stereocenters. The van der Waals surface area contributed by atoms with Gasteiger partial charge in [0.15, 0.2) is 0 Å². The minimum absolute atomic E-state index is 0.0761. The van der Waals surface area contributed by atoms with E-state index < -0.39 is 5.41 Å². The summed E-state index contributed by atoms with van der Waals surface area (Å²) in [7, 11) is 0. The molecular weight excluding hydrogens is 410 g/mol. The fraction of sp³-hybridized carbons (Fsp3) is 0.536. The van der Waals surface area contributed by atoms with Crippen molar-refractivity contribution >= 4 is 11.8 Å². The van der Waals surface area contributed by atoms with Gasteiger partial charge in [-0.3, -0.25) is 14.6 Å². The molecule has 5 nitrogen and oxygen atoms in total. The second-order valence-corrected chi connectivity index (χ2v) is 10.7. The Morgan fingerprint density at radius 1 is 1.12 bits per heavy atom. The average molecular weight is 446 g/mol. The van der Waals surface area contributed by atoms with E-state index in [0.29, 0.717) is 37.3 Å². The minimum atomic E-state index is -0.576. The molecule has 1 N–H and O–H groups in total. The van der Waals surface area contributed by atoms with Crippen molar-refractivity contribution in [2.75, 3.05) is 13.1 Å². The molecule has 1 aliphatic heterocycles. The lowest BCUT2D eigenvalue weighted by Crippen LogP contribution is -2.47. The van der Waals surface area contributed by atoms with Crippen LogP contribution >= 0.6 is 0 Å². The van der Waals surface area contributed by atoms with E-state index in [9.17, 15) is 9.59 Å². The Morgan fingerprint density at radius 3 is 2.58 bits per heavy atom. The van der Waals surface area contributed by atoms with Gasteiger partial charge in [-0.05, 0) is 74.1 Å². The molecule has 3 fully saturated rings. The van der Waals surface area contributed by atoms with Crippen LogP contribution in [0.4, 0.5) is 0 Å². The maximum absolute atomic E-state index is 13.5. The van der Waals surface area contributed by atoms with E-state index in [4.69, 9.17) is 0 Å². The number of carbonyl (C=O) groups excluding carboxylic acids is 2. The van der Waals surface area contributed by atoms with E-state index in [1.54, 1.807) is 6.20 Å². The summed E-state index contributed by atoms with van der Waals surface area (Å²) in [6.07, 6.45) is 9.93. The van der Waals surface area contributed by atoms with Gasteiger partial charge in [0, 0.05) is 37.4 Å². The van der Waals surface area contributed by atoms with Crippen LogP contribution in [0.1, 0.15) is 51.5 Å². The SMILES string of the molecule is CC(C)NC(=O)[C@]1(Cc2cccc(-c3cccnc3)c2)CCN(C(=O)C2[C@H]3CCCC[C@@H]23)C1. The molecule has 1 saturated heterocycles. The Morgan fingerprint density at radius 2 is 1.88 bits per heavy atom. The van der Waals surface area contributed by atoms with Crippen molar-refractivity contribution in [3.05, 3.63) is 54.4 Å². The van der Waals surface area contributed by atoms with Crippen LogP contribution < -0.4 is 5.32 Å². The summed E-state index contributed by atoms with van der Waals surface area (Å²) in [5, 5.41) is 3.16. The number of aromatic nitrogens is 1. The minimum Gasteiger partial charge on any atom is -0.353 e. The number of rotatable bonds is 6. The molecule has 2 aromatic rings. The van der Waals surface area contributed by atoms with Crippen molar-refractivity contribution in [3.63, 3.8) is 0 Å². The molecule has 5 rings (SSSR count). The number of likely N-dealkylation sites (tertiary alicyclic amines) is 1. The third-order valence-electron chi connectivity index (χ3n) is 7.97. The van der Waals surface area contributed by atoms with Crippen LogP contribution in [0.5, 0.6) is 0 Å². The van der Waals surface area contributed by atoms with E-state index in [0.717, 1.165) is 23.1 Å². The second-order valence-electron chi connectivity index (χ2n) is 10.7. The Hall–Kier alpha value is -2.69. The van der Waals surface area contributed by atoms with Crippen LogP contribution in [0.25, 0.3) is 11.1 Å². The van der Waals surface area contributed by atoms with Crippen LogP contribution in [0.2, 0.25) is 0 Å². The lowest BCUT2D eigenvalue weighted by atomic mass is 9.79. The summed E-state index contributed by atoms with van der Waals surface area (Å²) < 4.78 is 0. The molecule has 2 aliphatic carbocycles. The topological polar surface area (TPSA) is 62.3 Å². The first-order valence-corrected chi connectivity index (χ1v) is 12.6. The number of fused-ring (bicyclic) bond motifs is 1. The molecule has 2 saturated carbocycles. The van der Waals surface area contributed by atoms with Crippen molar-refractivity contribution in [3.8, 4) is 11.1 Å². The molecule has 1 aromatic heterocycles. The van der Waals surface area contributed by atoms with Gasteiger partial charge in [0.05, 0.1) is 5.41 Å². The first-order chi connectivity index (χ1) is 16.0. The van der Waals surface area contributed by atoms with E-state index in [2.05, 4.69) is 40.6 Å². The predicted molar refractivity (Wildman–Crippen MR) is 129 cm³/mol. The third kappa shape index (κ3) is 4.42. The fourth-order valence-electron chi connectivity index (χ4n) is 6.24. The van der Waals surface area contributed by atoms with Gasteiger partial charge in [0.1, 0.15) is 0 Å². The first-order valence-electron chi connectivity index (χ1n) is 12.6. The summed E-state index contributed by atoms with van der Waals surface area (Å²) in [5.41, 5.74) is 2.73. The molecule has 0 radical (unpaired) electrons. The molecule has 3 aliphatic rings. The summed E-state index contributed by atoms with van der Waals surface area (Å²) in [4.78, 5) is 33.1. The molecule has 5 heteroatoms. The van der Waals surface area contributed by atoms with E-state index >= 15 is 0 Å². The standard InChI is InChI=1S/C28H35N3O2/c1-19(2)30-27(33)28(16-20-7-5-8-21(15-20)22-9-6-13-29-17-22)12-14-31(18-28)26(32)25-23-10-3-4-11-24(23)25/h5-9,13,15,17,19,23-25H,3-4,10-12,14,16,18H2,1-2H3,(H,30,33)/t23-,24+,25?,28-/m0/s1. The summed E-state index contributed by atoms with van der Waals surface area (Å²) in [6.45, 7) is 5.21. The van der Waals surface area contributed by atoms with Crippen molar-refractivity contribution in [2.45, 2.75) is 58.4 Å². The Labute approximate surface area is 197 Å². The molecule has 174 valence electrons. The maximum Gasteiger partial charge on any atom is 0.228 e. The van der Waals surface area contributed by atoms with Gasteiger partial charge >= 0.3 is 0 Å². The highest BCUT2D eigenvalue weighted by molar-refractivity contribution is 5.87. The summed E-state index contributed by atoms with van der Waals surface area (Å²) in [6, 6.07) is 12.5. The molecule has 2 amide bonds. The van der Waals surface area contributed by atoms with Crippen molar-refractivity contribution in [2.24, 2.45) is 23.2 Å². The predicted octanol–water partition coefficient (Wildman–Crippen LogP) is 4.47. The maximum atomic E-state index is 13.5. The largest absolute Gasteiger partial charge is 0.353 e. The van der Waals surface area contributed by atoms with E-state index in [1.165, 1.54) is 25.7 Å². The average Bonchev–Trinajstić information content (AvgIpc) is 3.40. The monoisotopic (exact) mass is 445 g/mol. The number of benzene rings is 1. The molecular formula is C28H35N3O2. The molecule has 2 heterocycles. The Bertz CT molecular complexity index is 1010. The lowest BCUT2D eigenvalue weighted by Gasteiger charge is -2.30. The van der Waals surface area contributed by atoms with Crippen LogP contribution in [0, 0.1) is 23.2 Å². The number of pyridine rings is 1. The van der Waals surface area contributed by atoms with Gasteiger partial charge in [-0.15, -0.1) is 0 Å². The number of nitrogens with zero attached hydrogens (tertiary/aromatic N) is 2. The van der Waals surface area contributed by atoms with Gasteiger partial charge < -0.3 is 10.2 Å². The van der Waals surface area contributed by atoms with Crippen LogP contribution in [0.3, 0.4) is 0 Å². The number of hydrogen-bond donors (Lipinski definition) is 1. The van der Waals surface area contributed by atoms with E-state index in [-0.39, 0.29) is 17.9 Å². The van der Waals surface area contributed by atoms with Gasteiger partial charge in [0.2, 0.25) is 11.8 Å². The first kappa shape index (κ1) is 22.1. The molecule has 4 atom stereocenters. The molecule has 0 bridgehead atoms. The van der Waals surface area contributed by atoms with Gasteiger partial charge in [-0.25, -0.2) is 0 Å². The quantitative estimate of drug-likeness (QED) is 0.714. The van der Waals surface area contributed by atoms with Crippen LogP contribution in [-0.4, -0.2) is 40.8 Å². The zero-order valence-electron chi connectivity index (χ0n) is 19.8. The lowest BCUT2D eigenvalue weighted by molar-refractivity contribution is -0.134. The van der Waals surface area contributed by atoms with Gasteiger partial charge in [0.25, 0.3) is 0 Å². The van der Waals surface area contributed by atoms with Crippen molar-refractivity contribution in [1.29, 1.82) is 0 Å². The molecule has 1 aromatic carbocycles. The number of carbonyl (C=O) groups is 2.